The molecule has 118 valence electrons. The second-order valence-corrected chi connectivity index (χ2v) is 5.79. The van der Waals surface area contributed by atoms with E-state index in [2.05, 4.69) is 24.0 Å². The Labute approximate surface area is 133 Å². The summed E-state index contributed by atoms with van der Waals surface area (Å²) in [5, 5.41) is 0. The molecule has 3 nitrogen and oxygen atoms in total. The summed E-state index contributed by atoms with van der Waals surface area (Å²) < 4.78 is 10.6. The van der Waals surface area contributed by atoms with Crippen LogP contribution in [0.5, 0.6) is 5.75 Å². The van der Waals surface area contributed by atoms with E-state index in [1.54, 1.807) is 7.11 Å². The summed E-state index contributed by atoms with van der Waals surface area (Å²) in [6, 6.07) is 8.17. The molecule has 2 rings (SSSR count). The zero-order valence-corrected chi connectivity index (χ0v) is 13.8. The van der Waals surface area contributed by atoms with Crippen LogP contribution in [0.3, 0.4) is 0 Å². The largest absolute Gasteiger partial charge is 0.497 e. The summed E-state index contributed by atoms with van der Waals surface area (Å²) in [7, 11) is 1.67. The summed E-state index contributed by atoms with van der Waals surface area (Å²) in [5.41, 5.74) is 0.671. The summed E-state index contributed by atoms with van der Waals surface area (Å²) >= 11 is 0. The molecule has 1 saturated carbocycles. The number of ether oxygens (including phenoxy) is 2. The van der Waals surface area contributed by atoms with Gasteiger partial charge in [-0.25, -0.2) is 0 Å². The van der Waals surface area contributed by atoms with Crippen LogP contribution in [0.25, 0.3) is 0 Å². The molecule has 1 fully saturated rings. The van der Waals surface area contributed by atoms with E-state index in [9.17, 15) is 4.79 Å². The lowest BCUT2D eigenvalue weighted by atomic mass is 9.97. The van der Waals surface area contributed by atoms with E-state index < -0.39 is 5.60 Å². The van der Waals surface area contributed by atoms with Gasteiger partial charge < -0.3 is 9.47 Å². The summed E-state index contributed by atoms with van der Waals surface area (Å²) in [6.07, 6.45) is 2.51. The van der Waals surface area contributed by atoms with E-state index in [0.29, 0.717) is 11.8 Å². The van der Waals surface area contributed by atoms with Crippen LogP contribution in [0.4, 0.5) is 0 Å². The first-order chi connectivity index (χ1) is 10.5. The van der Waals surface area contributed by atoms with Crippen LogP contribution < -0.4 is 4.74 Å². The second-order valence-electron chi connectivity index (χ2n) is 5.79. The Morgan fingerprint density at radius 2 is 1.91 bits per heavy atom. The van der Waals surface area contributed by atoms with Gasteiger partial charge in [-0.1, -0.05) is 37.8 Å². The standard InChI is InChI=1S/C19H24O3/c1-5-19(6-2,22-14(3)20)12-11-16-13-18(16)15-7-9-17(21-4)10-8-15/h7-10,16,18H,5-6,13H2,1-4H3/t16-,18+/m1/s1. The molecule has 0 aromatic heterocycles. The van der Waals surface area contributed by atoms with Crippen LogP contribution in [0.15, 0.2) is 24.3 Å². The maximum Gasteiger partial charge on any atom is 0.304 e. The van der Waals surface area contributed by atoms with Crippen LogP contribution in [0.1, 0.15) is 51.5 Å². The van der Waals surface area contributed by atoms with Crippen LogP contribution in [0, 0.1) is 17.8 Å². The molecule has 0 saturated heterocycles. The van der Waals surface area contributed by atoms with E-state index in [1.807, 2.05) is 26.0 Å². The number of carbonyl (C=O) groups excluding carboxylic acids is 1. The van der Waals surface area contributed by atoms with Gasteiger partial charge in [-0.15, -0.1) is 0 Å². The van der Waals surface area contributed by atoms with Crippen LogP contribution in [-0.4, -0.2) is 18.7 Å². The van der Waals surface area contributed by atoms with Crippen molar-refractivity contribution < 1.29 is 14.3 Å². The Morgan fingerprint density at radius 3 is 2.41 bits per heavy atom. The van der Waals surface area contributed by atoms with Gasteiger partial charge in [0.05, 0.1) is 7.11 Å². The molecule has 2 atom stereocenters. The molecule has 22 heavy (non-hydrogen) atoms. The van der Waals surface area contributed by atoms with Crippen molar-refractivity contribution in [3.8, 4) is 17.6 Å². The van der Waals surface area contributed by atoms with Crippen molar-refractivity contribution in [3.63, 3.8) is 0 Å². The van der Waals surface area contributed by atoms with Gasteiger partial charge in [-0.05, 0) is 42.9 Å². The average Bonchev–Trinajstić information content (AvgIpc) is 3.31. The van der Waals surface area contributed by atoms with Crippen molar-refractivity contribution in [1.82, 2.24) is 0 Å². The minimum atomic E-state index is -0.626. The van der Waals surface area contributed by atoms with Crippen LogP contribution in [-0.2, 0) is 9.53 Å². The number of hydrogen-bond donors (Lipinski definition) is 0. The van der Waals surface area contributed by atoms with Crippen molar-refractivity contribution >= 4 is 5.97 Å². The highest BCUT2D eigenvalue weighted by Crippen LogP contribution is 2.47. The van der Waals surface area contributed by atoms with Crippen LogP contribution in [0.2, 0.25) is 0 Å². The van der Waals surface area contributed by atoms with E-state index in [0.717, 1.165) is 25.0 Å². The van der Waals surface area contributed by atoms with Crippen molar-refractivity contribution in [2.75, 3.05) is 7.11 Å². The highest BCUT2D eigenvalue weighted by Gasteiger charge is 2.38. The monoisotopic (exact) mass is 300 g/mol. The van der Waals surface area contributed by atoms with E-state index in [4.69, 9.17) is 9.47 Å². The van der Waals surface area contributed by atoms with Gasteiger partial charge >= 0.3 is 5.97 Å². The molecule has 0 radical (unpaired) electrons. The molecule has 0 spiro atoms. The molecule has 0 amide bonds. The van der Waals surface area contributed by atoms with Crippen LogP contribution >= 0.6 is 0 Å². The van der Waals surface area contributed by atoms with Crippen molar-refractivity contribution in [1.29, 1.82) is 0 Å². The quantitative estimate of drug-likeness (QED) is 0.610. The van der Waals surface area contributed by atoms with Gasteiger partial charge in [-0.3, -0.25) is 4.79 Å². The minimum absolute atomic E-state index is 0.263. The molecule has 0 heterocycles. The van der Waals surface area contributed by atoms with Gasteiger partial charge in [0, 0.05) is 12.8 Å². The highest BCUT2D eigenvalue weighted by atomic mass is 16.6. The molecule has 3 heteroatoms. The predicted molar refractivity (Wildman–Crippen MR) is 86.7 cm³/mol. The number of benzene rings is 1. The molecule has 1 aromatic rings. The first kappa shape index (κ1) is 16.4. The highest BCUT2D eigenvalue weighted by molar-refractivity contribution is 5.67. The first-order valence-corrected chi connectivity index (χ1v) is 7.89. The van der Waals surface area contributed by atoms with Crippen molar-refractivity contribution in [2.45, 2.75) is 51.6 Å². The molecule has 1 aromatic carbocycles. The van der Waals surface area contributed by atoms with Gasteiger partial charge in [0.1, 0.15) is 5.75 Å². The Hall–Kier alpha value is -1.95. The van der Waals surface area contributed by atoms with E-state index in [1.165, 1.54) is 12.5 Å². The summed E-state index contributed by atoms with van der Waals surface area (Å²) in [4.78, 5) is 11.3. The molecule has 1 aliphatic carbocycles. The van der Waals surface area contributed by atoms with Gasteiger partial charge in [-0.2, -0.15) is 0 Å². The number of esters is 1. The van der Waals surface area contributed by atoms with Crippen molar-refractivity contribution in [2.24, 2.45) is 5.92 Å². The normalized spacial score (nSPS) is 19.8. The van der Waals surface area contributed by atoms with E-state index in [-0.39, 0.29) is 5.97 Å². The number of rotatable bonds is 5. The lowest BCUT2D eigenvalue weighted by molar-refractivity contribution is -0.152. The predicted octanol–water partition coefficient (Wildman–Crippen LogP) is 3.92. The maximum absolute atomic E-state index is 11.3. The lowest BCUT2D eigenvalue weighted by Crippen LogP contribution is -2.31. The number of methoxy groups -OCH3 is 1. The second kappa shape index (κ2) is 6.87. The molecule has 0 N–H and O–H groups in total. The SMILES string of the molecule is CCC(C#C[C@@H]1C[C@H]1c1ccc(OC)cc1)(CC)OC(C)=O. The summed E-state index contributed by atoms with van der Waals surface area (Å²) in [6.45, 7) is 5.46. The molecule has 0 unspecified atom stereocenters. The molecule has 0 aliphatic heterocycles. The number of carbonyl (C=O) groups is 1. The molecular formula is C19H24O3. The Bertz CT molecular complexity index is 573. The van der Waals surface area contributed by atoms with Crippen molar-refractivity contribution in [3.05, 3.63) is 29.8 Å². The first-order valence-electron chi connectivity index (χ1n) is 7.89. The van der Waals surface area contributed by atoms with Gasteiger partial charge in [0.15, 0.2) is 5.60 Å². The maximum atomic E-state index is 11.3. The number of hydrogen-bond acceptors (Lipinski definition) is 3. The zero-order valence-electron chi connectivity index (χ0n) is 13.8. The topological polar surface area (TPSA) is 35.5 Å². The third-order valence-electron chi connectivity index (χ3n) is 4.30. The molecular weight excluding hydrogens is 276 g/mol. The lowest BCUT2D eigenvalue weighted by Gasteiger charge is -2.25. The average molecular weight is 300 g/mol. The summed E-state index contributed by atoms with van der Waals surface area (Å²) in [5.74, 6) is 8.01. The third kappa shape index (κ3) is 3.82. The molecule has 1 aliphatic rings. The fraction of sp³-hybridized carbons (Fsp3) is 0.526. The fourth-order valence-corrected chi connectivity index (χ4v) is 2.67. The molecule has 0 bridgehead atoms. The Morgan fingerprint density at radius 1 is 1.27 bits per heavy atom. The fourth-order valence-electron chi connectivity index (χ4n) is 2.67. The Kier molecular flexibility index (Phi) is 5.13. The minimum Gasteiger partial charge on any atom is -0.497 e. The van der Waals surface area contributed by atoms with Gasteiger partial charge in [0.2, 0.25) is 0 Å². The van der Waals surface area contributed by atoms with E-state index >= 15 is 0 Å². The van der Waals surface area contributed by atoms with Gasteiger partial charge in [0.25, 0.3) is 0 Å². The smallest absolute Gasteiger partial charge is 0.304 e. The zero-order chi connectivity index (χ0) is 16.2. The Balaban J connectivity index is 2.04. The third-order valence-corrected chi connectivity index (χ3v) is 4.30.